The number of anilines is 1. The average Bonchev–Trinajstić information content (AvgIpc) is 2.39. The van der Waals surface area contributed by atoms with Gasteiger partial charge in [0.25, 0.3) is 0 Å². The lowest BCUT2D eigenvalue weighted by Crippen LogP contribution is -2.46. The Bertz CT molecular complexity index is 406. The largest absolute Gasteiger partial charge is 0.368 e. The second-order valence-electron chi connectivity index (χ2n) is 5.18. The molecule has 1 aromatic carbocycles. The number of nitrogens with zero attached hydrogens (tertiary/aromatic N) is 1. The van der Waals surface area contributed by atoms with Gasteiger partial charge in [-0.25, -0.2) is 0 Å². The van der Waals surface area contributed by atoms with Crippen molar-refractivity contribution in [2.24, 2.45) is 0 Å². The van der Waals surface area contributed by atoms with Gasteiger partial charge in [-0.3, -0.25) is 0 Å². The molecule has 1 heterocycles. The smallest absolute Gasteiger partial charge is 0.0650 e. The zero-order valence-corrected chi connectivity index (χ0v) is 12.6. The molecule has 2 nitrogen and oxygen atoms in total. The van der Waals surface area contributed by atoms with Crippen molar-refractivity contribution in [3.8, 4) is 0 Å². The van der Waals surface area contributed by atoms with Gasteiger partial charge in [0.15, 0.2) is 0 Å². The number of nitrogens with one attached hydrogen (secondary N) is 1. The summed E-state index contributed by atoms with van der Waals surface area (Å²) in [5, 5.41) is 4.37. The van der Waals surface area contributed by atoms with Gasteiger partial charge in [-0.1, -0.05) is 27.5 Å². The molecule has 0 unspecified atom stereocenters. The lowest BCUT2D eigenvalue weighted by Gasteiger charge is -2.32. The topological polar surface area (TPSA) is 15.3 Å². The summed E-state index contributed by atoms with van der Waals surface area (Å²) in [7, 11) is 0. The molecule has 0 amide bonds. The standard InChI is InChI=1S/C13H18BrClN2/c1-13(2)9-17(7-3-6-16-13)12-5-4-10(14)8-11(12)15/h4-5,8,16H,3,6-7,9H2,1-2H3. The van der Waals surface area contributed by atoms with Crippen molar-refractivity contribution in [2.75, 3.05) is 24.5 Å². The lowest BCUT2D eigenvalue weighted by atomic mass is 10.1. The van der Waals surface area contributed by atoms with E-state index in [0.29, 0.717) is 0 Å². The van der Waals surface area contributed by atoms with Gasteiger partial charge in [0.1, 0.15) is 0 Å². The highest BCUT2D eigenvalue weighted by molar-refractivity contribution is 9.10. The average molecular weight is 318 g/mol. The van der Waals surface area contributed by atoms with Gasteiger partial charge >= 0.3 is 0 Å². The van der Waals surface area contributed by atoms with E-state index < -0.39 is 0 Å². The molecule has 0 aromatic heterocycles. The second kappa shape index (κ2) is 5.17. The summed E-state index contributed by atoms with van der Waals surface area (Å²) in [6.45, 7) is 7.57. The molecule has 0 atom stereocenters. The van der Waals surface area contributed by atoms with Gasteiger partial charge in [-0.2, -0.15) is 0 Å². The Morgan fingerprint density at radius 2 is 2.18 bits per heavy atom. The van der Waals surface area contributed by atoms with E-state index >= 15 is 0 Å². The highest BCUT2D eigenvalue weighted by Gasteiger charge is 2.25. The third kappa shape index (κ3) is 3.36. The first kappa shape index (κ1) is 13.2. The zero-order valence-electron chi connectivity index (χ0n) is 10.3. The first-order valence-electron chi connectivity index (χ1n) is 5.93. The van der Waals surface area contributed by atoms with Gasteiger partial charge < -0.3 is 10.2 Å². The first-order valence-corrected chi connectivity index (χ1v) is 7.10. The Balaban J connectivity index is 2.25. The van der Waals surface area contributed by atoms with Gasteiger partial charge in [0.2, 0.25) is 0 Å². The minimum atomic E-state index is 0.132. The Morgan fingerprint density at radius 1 is 1.41 bits per heavy atom. The molecule has 1 aliphatic rings. The molecule has 1 fully saturated rings. The summed E-state index contributed by atoms with van der Waals surface area (Å²) >= 11 is 9.76. The van der Waals surface area contributed by atoms with Crippen LogP contribution in [0.3, 0.4) is 0 Å². The van der Waals surface area contributed by atoms with Crippen LogP contribution >= 0.6 is 27.5 Å². The molecule has 1 aromatic rings. The molecule has 0 radical (unpaired) electrons. The van der Waals surface area contributed by atoms with E-state index in [1.165, 1.54) is 0 Å². The first-order chi connectivity index (χ1) is 7.98. The van der Waals surface area contributed by atoms with E-state index in [4.69, 9.17) is 11.6 Å². The van der Waals surface area contributed by atoms with Crippen molar-refractivity contribution in [3.05, 3.63) is 27.7 Å². The number of hydrogen-bond donors (Lipinski definition) is 1. The molecule has 4 heteroatoms. The highest BCUT2D eigenvalue weighted by Crippen LogP contribution is 2.30. The van der Waals surface area contributed by atoms with E-state index in [0.717, 1.165) is 41.2 Å². The predicted molar refractivity (Wildman–Crippen MR) is 78.1 cm³/mol. The normalized spacial score (nSPS) is 20.1. The predicted octanol–water partition coefficient (Wildman–Crippen LogP) is 3.68. The Hall–Kier alpha value is -0.250. The van der Waals surface area contributed by atoms with Gasteiger partial charge in [-0.05, 0) is 45.0 Å². The van der Waals surface area contributed by atoms with Crippen LogP contribution in [-0.4, -0.2) is 25.2 Å². The third-order valence-electron chi connectivity index (χ3n) is 3.04. The molecule has 17 heavy (non-hydrogen) atoms. The van der Waals surface area contributed by atoms with Crippen molar-refractivity contribution in [2.45, 2.75) is 25.8 Å². The van der Waals surface area contributed by atoms with E-state index in [2.05, 4.69) is 46.1 Å². The molecule has 0 spiro atoms. The van der Waals surface area contributed by atoms with Crippen molar-refractivity contribution in [1.82, 2.24) is 5.32 Å². The van der Waals surface area contributed by atoms with Crippen molar-refractivity contribution < 1.29 is 0 Å². The maximum absolute atomic E-state index is 6.32. The second-order valence-corrected chi connectivity index (χ2v) is 6.50. The summed E-state index contributed by atoms with van der Waals surface area (Å²) in [5.74, 6) is 0. The fraction of sp³-hybridized carbons (Fsp3) is 0.538. The van der Waals surface area contributed by atoms with E-state index in [1.807, 2.05) is 12.1 Å². The van der Waals surface area contributed by atoms with Gasteiger partial charge in [-0.15, -0.1) is 0 Å². The Morgan fingerprint density at radius 3 is 2.88 bits per heavy atom. The van der Waals surface area contributed by atoms with Crippen LogP contribution < -0.4 is 10.2 Å². The van der Waals surface area contributed by atoms with Crippen LogP contribution in [-0.2, 0) is 0 Å². The quantitative estimate of drug-likeness (QED) is 0.850. The van der Waals surface area contributed by atoms with Crippen LogP contribution in [0, 0.1) is 0 Å². The molecule has 0 saturated carbocycles. The van der Waals surface area contributed by atoms with Crippen LogP contribution in [0.25, 0.3) is 0 Å². The van der Waals surface area contributed by atoms with Crippen LogP contribution in [0.2, 0.25) is 5.02 Å². The fourth-order valence-corrected chi connectivity index (χ4v) is 3.05. The molecule has 1 saturated heterocycles. The minimum absolute atomic E-state index is 0.132. The van der Waals surface area contributed by atoms with Crippen LogP contribution in [0.15, 0.2) is 22.7 Å². The van der Waals surface area contributed by atoms with Crippen LogP contribution in [0.4, 0.5) is 5.69 Å². The Kier molecular flexibility index (Phi) is 4.01. The lowest BCUT2D eigenvalue weighted by molar-refractivity contribution is 0.416. The van der Waals surface area contributed by atoms with Crippen LogP contribution in [0.1, 0.15) is 20.3 Å². The molecule has 0 bridgehead atoms. The maximum atomic E-state index is 6.32. The highest BCUT2D eigenvalue weighted by atomic mass is 79.9. The molecular weight excluding hydrogens is 300 g/mol. The number of hydrogen-bond acceptors (Lipinski definition) is 2. The minimum Gasteiger partial charge on any atom is -0.368 e. The molecule has 0 aliphatic carbocycles. The van der Waals surface area contributed by atoms with Crippen LogP contribution in [0.5, 0.6) is 0 Å². The molecule has 1 aliphatic heterocycles. The van der Waals surface area contributed by atoms with Gasteiger partial charge in [0.05, 0.1) is 10.7 Å². The maximum Gasteiger partial charge on any atom is 0.0650 e. The molecular formula is C13H18BrClN2. The number of halogens is 2. The molecule has 2 rings (SSSR count). The summed E-state index contributed by atoms with van der Waals surface area (Å²) in [6.07, 6.45) is 1.15. The summed E-state index contributed by atoms with van der Waals surface area (Å²) in [5.41, 5.74) is 1.26. The molecule has 94 valence electrons. The van der Waals surface area contributed by atoms with Crippen molar-refractivity contribution >= 4 is 33.2 Å². The number of benzene rings is 1. The summed E-state index contributed by atoms with van der Waals surface area (Å²) in [4.78, 5) is 2.37. The molecule has 1 N–H and O–H groups in total. The van der Waals surface area contributed by atoms with E-state index in [-0.39, 0.29) is 5.54 Å². The summed E-state index contributed by atoms with van der Waals surface area (Å²) in [6, 6.07) is 6.10. The zero-order chi connectivity index (χ0) is 12.5. The van der Waals surface area contributed by atoms with Gasteiger partial charge in [0, 0.05) is 23.1 Å². The Labute approximate surface area is 116 Å². The van der Waals surface area contributed by atoms with E-state index in [1.54, 1.807) is 0 Å². The summed E-state index contributed by atoms with van der Waals surface area (Å²) < 4.78 is 1.03. The monoisotopic (exact) mass is 316 g/mol. The number of rotatable bonds is 1. The fourth-order valence-electron chi connectivity index (χ4n) is 2.25. The SMILES string of the molecule is CC1(C)CN(c2ccc(Br)cc2Cl)CCCN1. The van der Waals surface area contributed by atoms with Crippen molar-refractivity contribution in [1.29, 1.82) is 0 Å². The third-order valence-corrected chi connectivity index (χ3v) is 3.84. The van der Waals surface area contributed by atoms with E-state index in [9.17, 15) is 0 Å². The van der Waals surface area contributed by atoms with Crippen molar-refractivity contribution in [3.63, 3.8) is 0 Å².